The van der Waals surface area contributed by atoms with Crippen LogP contribution in [0.25, 0.3) is 0 Å². The first-order valence-corrected chi connectivity index (χ1v) is 6.22. The summed E-state index contributed by atoms with van der Waals surface area (Å²) >= 11 is 1.07. The van der Waals surface area contributed by atoms with Crippen molar-refractivity contribution < 1.29 is 14.7 Å². The number of imidazole rings is 1. The number of aliphatic carboxylic acids is 1. The van der Waals surface area contributed by atoms with Gasteiger partial charge in [-0.25, -0.2) is 4.98 Å². The lowest BCUT2D eigenvalue weighted by Gasteiger charge is -2.19. The number of hydrogen-bond donors (Lipinski definition) is 1. The minimum absolute atomic E-state index is 0.0448. The molecular formula is C11H17N3O3S. The van der Waals surface area contributed by atoms with E-state index >= 15 is 0 Å². The first-order valence-electron chi connectivity index (χ1n) is 5.40. The van der Waals surface area contributed by atoms with Crippen molar-refractivity contribution in [3.63, 3.8) is 0 Å². The molecule has 0 aliphatic carbocycles. The zero-order valence-corrected chi connectivity index (χ0v) is 11.7. The van der Waals surface area contributed by atoms with Gasteiger partial charge in [0.05, 0.1) is 12.0 Å². The predicted molar refractivity (Wildman–Crippen MR) is 68.6 cm³/mol. The summed E-state index contributed by atoms with van der Waals surface area (Å²) in [5.41, 5.74) is 0.638. The van der Waals surface area contributed by atoms with E-state index in [4.69, 9.17) is 5.11 Å². The Balaban J connectivity index is 2.96. The summed E-state index contributed by atoms with van der Waals surface area (Å²) in [6.45, 7) is 1.47. The number of aryl methyl sites for hydroxylation is 1. The molecule has 0 spiro atoms. The number of hydrogen-bond acceptors (Lipinski definition) is 5. The van der Waals surface area contributed by atoms with Gasteiger partial charge in [0.2, 0.25) is 0 Å². The standard InChI is InChI=1S/C11H17N3O3S/c1-7(15)18-10-8(12-6-14(10)4)5-9(11(16)17)13(2)3/h6,9H,5H2,1-4H3,(H,16,17). The molecule has 6 nitrogen and oxygen atoms in total. The molecule has 0 radical (unpaired) electrons. The predicted octanol–water partition coefficient (Wildman–Crippen LogP) is 0.616. The number of rotatable bonds is 5. The van der Waals surface area contributed by atoms with E-state index in [1.165, 1.54) is 6.92 Å². The third-order valence-electron chi connectivity index (χ3n) is 2.49. The van der Waals surface area contributed by atoms with Crippen molar-refractivity contribution in [3.05, 3.63) is 12.0 Å². The maximum Gasteiger partial charge on any atom is 0.321 e. The second-order valence-electron chi connectivity index (χ2n) is 4.22. The highest BCUT2D eigenvalue weighted by atomic mass is 32.2. The molecule has 1 heterocycles. The topological polar surface area (TPSA) is 75.4 Å². The van der Waals surface area contributed by atoms with Crippen molar-refractivity contribution in [2.75, 3.05) is 14.1 Å². The van der Waals surface area contributed by atoms with Crippen LogP contribution in [0.4, 0.5) is 0 Å². The molecule has 0 aliphatic heterocycles. The Kier molecular flexibility index (Phi) is 4.92. The minimum Gasteiger partial charge on any atom is -0.480 e. The smallest absolute Gasteiger partial charge is 0.321 e. The van der Waals surface area contributed by atoms with E-state index in [0.29, 0.717) is 10.7 Å². The number of carboxylic acids is 1. The molecule has 0 saturated carbocycles. The molecule has 0 saturated heterocycles. The van der Waals surface area contributed by atoms with Crippen molar-refractivity contribution in [1.29, 1.82) is 0 Å². The van der Waals surface area contributed by atoms with Gasteiger partial charge in [-0.3, -0.25) is 14.5 Å². The van der Waals surface area contributed by atoms with Gasteiger partial charge in [-0.05, 0) is 25.9 Å². The summed E-state index contributed by atoms with van der Waals surface area (Å²) < 4.78 is 1.73. The van der Waals surface area contributed by atoms with E-state index in [-0.39, 0.29) is 11.5 Å². The van der Waals surface area contributed by atoms with Gasteiger partial charge < -0.3 is 9.67 Å². The van der Waals surface area contributed by atoms with Crippen LogP contribution in [0, 0.1) is 0 Å². The molecule has 0 aliphatic rings. The van der Waals surface area contributed by atoms with Gasteiger partial charge in [0.15, 0.2) is 5.12 Å². The molecule has 0 aromatic carbocycles. The minimum atomic E-state index is -0.899. The molecule has 1 unspecified atom stereocenters. The van der Waals surface area contributed by atoms with Crippen LogP contribution in [0.5, 0.6) is 0 Å². The highest BCUT2D eigenvalue weighted by molar-refractivity contribution is 8.13. The number of likely N-dealkylation sites (N-methyl/N-ethyl adjacent to an activating group) is 1. The number of nitrogens with zero attached hydrogens (tertiary/aromatic N) is 3. The first-order chi connectivity index (χ1) is 8.32. The van der Waals surface area contributed by atoms with Crippen LogP contribution in [-0.4, -0.2) is 50.8 Å². The number of aromatic nitrogens is 2. The van der Waals surface area contributed by atoms with E-state index < -0.39 is 12.0 Å². The second-order valence-corrected chi connectivity index (χ2v) is 5.39. The van der Waals surface area contributed by atoms with Crippen LogP contribution >= 0.6 is 11.8 Å². The third kappa shape index (κ3) is 3.58. The van der Waals surface area contributed by atoms with Crippen molar-refractivity contribution >= 4 is 22.8 Å². The van der Waals surface area contributed by atoms with E-state index in [2.05, 4.69) is 4.98 Å². The van der Waals surface area contributed by atoms with Gasteiger partial charge in [-0.1, -0.05) is 0 Å². The van der Waals surface area contributed by atoms with Gasteiger partial charge in [0, 0.05) is 20.4 Å². The van der Waals surface area contributed by atoms with Crippen LogP contribution in [0.1, 0.15) is 12.6 Å². The normalized spacial score (nSPS) is 12.7. The van der Waals surface area contributed by atoms with Crippen molar-refractivity contribution in [2.45, 2.75) is 24.4 Å². The Morgan fingerprint density at radius 2 is 2.17 bits per heavy atom. The number of carbonyl (C=O) groups excluding carboxylic acids is 1. The van der Waals surface area contributed by atoms with Crippen LogP contribution in [0.2, 0.25) is 0 Å². The monoisotopic (exact) mass is 271 g/mol. The van der Waals surface area contributed by atoms with Crippen molar-refractivity contribution in [3.8, 4) is 0 Å². The Hall–Kier alpha value is -1.34. The van der Waals surface area contributed by atoms with Crippen molar-refractivity contribution in [2.24, 2.45) is 7.05 Å². The quantitative estimate of drug-likeness (QED) is 0.791. The SMILES string of the molecule is CC(=O)Sc1c(CC(C(=O)O)N(C)C)ncn1C. The molecule has 1 atom stereocenters. The fourth-order valence-electron chi connectivity index (χ4n) is 1.55. The summed E-state index contributed by atoms with van der Waals surface area (Å²) in [6.07, 6.45) is 1.87. The van der Waals surface area contributed by atoms with E-state index in [1.807, 2.05) is 0 Å². The maximum absolute atomic E-state index is 11.2. The van der Waals surface area contributed by atoms with E-state index in [1.54, 1.807) is 36.9 Å². The van der Waals surface area contributed by atoms with Crippen molar-refractivity contribution in [1.82, 2.24) is 14.5 Å². The molecule has 0 amide bonds. The van der Waals surface area contributed by atoms with Gasteiger partial charge in [0.25, 0.3) is 0 Å². The first kappa shape index (κ1) is 14.7. The summed E-state index contributed by atoms with van der Waals surface area (Å²) in [7, 11) is 5.20. The fourth-order valence-corrected chi connectivity index (χ4v) is 2.27. The third-order valence-corrected chi connectivity index (χ3v) is 3.49. The van der Waals surface area contributed by atoms with Crippen LogP contribution in [0.15, 0.2) is 11.4 Å². The Morgan fingerprint density at radius 1 is 1.56 bits per heavy atom. The maximum atomic E-state index is 11.2. The average molecular weight is 271 g/mol. The fraction of sp³-hybridized carbons (Fsp3) is 0.545. The molecular weight excluding hydrogens is 254 g/mol. The lowest BCUT2D eigenvalue weighted by Crippen LogP contribution is -2.37. The molecule has 1 N–H and O–H groups in total. The Bertz CT molecular complexity index is 456. The number of thioether (sulfide) groups is 1. The molecule has 18 heavy (non-hydrogen) atoms. The lowest BCUT2D eigenvalue weighted by atomic mass is 10.1. The molecule has 100 valence electrons. The number of carboxylic acid groups (broad SMARTS) is 1. The number of carbonyl (C=O) groups is 2. The Morgan fingerprint density at radius 3 is 2.61 bits per heavy atom. The van der Waals surface area contributed by atoms with Gasteiger partial charge >= 0.3 is 5.97 Å². The largest absolute Gasteiger partial charge is 0.480 e. The molecule has 0 bridgehead atoms. The zero-order chi connectivity index (χ0) is 13.9. The summed E-state index contributed by atoms with van der Waals surface area (Å²) in [4.78, 5) is 28.1. The summed E-state index contributed by atoms with van der Waals surface area (Å²) in [5.74, 6) is -0.899. The second kappa shape index (κ2) is 6.01. The van der Waals surface area contributed by atoms with Gasteiger partial charge in [-0.2, -0.15) is 0 Å². The van der Waals surface area contributed by atoms with Crippen LogP contribution in [0.3, 0.4) is 0 Å². The lowest BCUT2D eigenvalue weighted by molar-refractivity contribution is -0.142. The van der Waals surface area contributed by atoms with Gasteiger partial charge in [0.1, 0.15) is 11.1 Å². The Labute approximate surface area is 110 Å². The molecule has 1 rings (SSSR count). The molecule has 1 aromatic heterocycles. The van der Waals surface area contributed by atoms with Crippen LogP contribution in [-0.2, 0) is 23.1 Å². The van der Waals surface area contributed by atoms with E-state index in [0.717, 1.165) is 11.8 Å². The highest BCUT2D eigenvalue weighted by Crippen LogP contribution is 2.23. The average Bonchev–Trinajstić information content (AvgIpc) is 2.55. The molecule has 1 aromatic rings. The molecule has 7 heteroatoms. The van der Waals surface area contributed by atoms with Crippen LogP contribution < -0.4 is 0 Å². The summed E-state index contributed by atoms with van der Waals surface area (Å²) in [6, 6.07) is -0.647. The highest BCUT2D eigenvalue weighted by Gasteiger charge is 2.24. The van der Waals surface area contributed by atoms with E-state index in [9.17, 15) is 9.59 Å². The molecule has 0 fully saturated rings. The van der Waals surface area contributed by atoms with Gasteiger partial charge in [-0.15, -0.1) is 0 Å². The zero-order valence-electron chi connectivity index (χ0n) is 10.9. The summed E-state index contributed by atoms with van der Waals surface area (Å²) in [5, 5.41) is 9.79.